The van der Waals surface area contributed by atoms with Crippen molar-refractivity contribution < 1.29 is 76.5 Å². The second-order valence-corrected chi connectivity index (χ2v) is 5.79. The van der Waals surface area contributed by atoms with Gasteiger partial charge in [0.15, 0.2) is 0 Å². The molecule has 0 spiro atoms. The molecule has 0 aliphatic heterocycles. The van der Waals surface area contributed by atoms with Crippen LogP contribution in [-0.4, -0.2) is 59.4 Å². The van der Waals surface area contributed by atoms with Crippen LogP contribution in [0.3, 0.4) is 0 Å². The van der Waals surface area contributed by atoms with Crippen molar-refractivity contribution in [1.82, 2.24) is 0 Å². The molecule has 0 rings (SSSR count). The van der Waals surface area contributed by atoms with Crippen molar-refractivity contribution in [2.24, 2.45) is 0 Å². The summed E-state index contributed by atoms with van der Waals surface area (Å²) in [6.45, 7) is 3.86. The highest BCUT2D eigenvalue weighted by Gasteiger charge is 2.90. The van der Waals surface area contributed by atoms with Crippen LogP contribution in [0.25, 0.3) is 0 Å². The molecule has 0 aromatic heterocycles. The van der Waals surface area contributed by atoms with Crippen LogP contribution in [0.2, 0.25) is 0 Å². The summed E-state index contributed by atoms with van der Waals surface area (Å²) in [7, 11) is 0. The number of halogens is 14. The minimum absolute atomic E-state index is 0.308. The molecule has 188 valence electrons. The highest BCUT2D eigenvalue weighted by Crippen LogP contribution is 2.60. The van der Waals surface area contributed by atoms with Gasteiger partial charge >= 0.3 is 47.7 Å². The van der Waals surface area contributed by atoms with Crippen molar-refractivity contribution >= 4 is 23.5 Å². The Kier molecular flexibility index (Phi) is 10.2. The molecule has 0 aromatic carbocycles. The fourth-order valence-electron chi connectivity index (χ4n) is 1.30. The van der Waals surface area contributed by atoms with Crippen LogP contribution in [0.15, 0.2) is 24.3 Å². The largest absolute Gasteiger partial charge is 0.477 e. The molecule has 18 heteroatoms. The fraction of sp³-hybridized carbons (Fsp3) is 0.571. The molecule has 0 saturated heterocycles. The van der Waals surface area contributed by atoms with Gasteiger partial charge in [0.25, 0.3) is 0 Å². The van der Waals surface area contributed by atoms with Crippen molar-refractivity contribution in [2.75, 3.05) is 6.61 Å². The summed E-state index contributed by atoms with van der Waals surface area (Å²) in [4.78, 5) is 19.9. The third kappa shape index (κ3) is 6.41. The van der Waals surface area contributed by atoms with Crippen LogP contribution in [0.1, 0.15) is 6.42 Å². The van der Waals surface area contributed by atoms with Crippen LogP contribution in [0, 0.1) is 0 Å². The molecule has 1 N–H and O–H groups in total. The summed E-state index contributed by atoms with van der Waals surface area (Å²) < 4.78 is 169. The maximum absolute atomic E-state index is 13.2. The lowest BCUT2D eigenvalue weighted by Crippen LogP contribution is -2.70. The number of carboxylic acids is 1. The second kappa shape index (κ2) is 10.2. The first kappa shape index (κ1) is 32.0. The Morgan fingerprint density at radius 3 is 1.44 bits per heavy atom. The molecule has 0 radical (unpaired) electrons. The number of alkyl halides is 13. The number of carboxylic acid groups (broad SMARTS) is 1. The van der Waals surface area contributed by atoms with E-state index >= 15 is 0 Å². The van der Waals surface area contributed by atoms with Gasteiger partial charge < -0.3 is 9.84 Å². The van der Waals surface area contributed by atoms with Crippen molar-refractivity contribution in [3.05, 3.63) is 24.3 Å². The first-order valence-corrected chi connectivity index (χ1v) is 7.55. The van der Waals surface area contributed by atoms with Crippen LogP contribution in [0.4, 0.5) is 57.1 Å². The molecule has 0 atom stereocenters. The van der Waals surface area contributed by atoms with Crippen LogP contribution >= 0.6 is 11.6 Å². The van der Waals surface area contributed by atoms with E-state index in [0.717, 1.165) is 0 Å². The fourth-order valence-corrected chi connectivity index (χ4v) is 1.30. The zero-order valence-corrected chi connectivity index (χ0v) is 15.6. The van der Waals surface area contributed by atoms with Crippen molar-refractivity contribution in [1.29, 1.82) is 0 Å². The van der Waals surface area contributed by atoms with E-state index in [-0.39, 0.29) is 5.03 Å². The summed E-state index contributed by atoms with van der Waals surface area (Å²) in [6.07, 6.45) is -9.74. The minimum Gasteiger partial charge on any atom is -0.477 e. The lowest BCUT2D eigenvalue weighted by atomic mass is 9.93. The molecule has 0 aromatic rings. The number of hydrogen-bond donors (Lipinski definition) is 1. The van der Waals surface area contributed by atoms with Gasteiger partial charge in [-0.05, 0) is 0 Å². The SMILES string of the molecule is C=C(Cl)C(=O)O.C=CC(=O)OCCC(F)(F)C(F)(F)C(F)(F)C(F)(F)C(F)(F)C(F)(F)F. The molecule has 0 unspecified atom stereocenters. The molecule has 0 amide bonds. The monoisotopic (exact) mass is 524 g/mol. The van der Waals surface area contributed by atoms with E-state index in [0.29, 0.717) is 6.08 Å². The summed E-state index contributed by atoms with van der Waals surface area (Å²) in [5, 5.41) is 7.41. The predicted octanol–water partition coefficient (Wildman–Crippen LogP) is 5.67. The smallest absolute Gasteiger partial charge is 0.460 e. The molecule has 0 aliphatic carbocycles. The summed E-state index contributed by atoms with van der Waals surface area (Å²) in [6, 6.07) is 0. The predicted molar refractivity (Wildman–Crippen MR) is 79.2 cm³/mol. The molecule has 0 heterocycles. The first-order valence-electron chi connectivity index (χ1n) is 7.17. The van der Waals surface area contributed by atoms with Crippen molar-refractivity contribution in [2.45, 2.75) is 42.2 Å². The molecular weight excluding hydrogens is 515 g/mol. The number of carbonyl (C=O) groups excluding carboxylic acids is 1. The normalized spacial score (nSPS) is 13.6. The zero-order valence-electron chi connectivity index (χ0n) is 14.9. The quantitative estimate of drug-likeness (QED) is 0.240. The van der Waals surface area contributed by atoms with Crippen molar-refractivity contribution in [3.63, 3.8) is 0 Å². The highest BCUT2D eigenvalue weighted by atomic mass is 35.5. The van der Waals surface area contributed by atoms with Gasteiger partial charge in [0.2, 0.25) is 0 Å². The van der Waals surface area contributed by atoms with E-state index in [4.69, 9.17) is 16.7 Å². The minimum atomic E-state index is -7.94. The Morgan fingerprint density at radius 1 is 0.812 bits per heavy atom. The standard InChI is InChI=1S/C11H7F13O2.C3H3ClO2/c1-2-5(25)26-4-3-6(12,13)7(14,15)8(16,17)9(18,19)10(20,21)11(22,23)24;1-2(4)3(5)6/h2H,1,3-4H2;1H2,(H,5,6). The number of hydrogen-bond acceptors (Lipinski definition) is 3. The van der Waals surface area contributed by atoms with Gasteiger partial charge in [-0.25, -0.2) is 9.59 Å². The molecular formula is C14H10ClF13O4. The lowest BCUT2D eigenvalue weighted by molar-refractivity contribution is -0.440. The maximum atomic E-state index is 13.2. The van der Waals surface area contributed by atoms with Gasteiger partial charge in [0, 0.05) is 6.08 Å². The van der Waals surface area contributed by atoms with Crippen LogP contribution in [0.5, 0.6) is 0 Å². The average Bonchev–Trinajstić information content (AvgIpc) is 2.60. The topological polar surface area (TPSA) is 63.6 Å². The Labute approximate surface area is 174 Å². The second-order valence-electron chi connectivity index (χ2n) is 5.33. The van der Waals surface area contributed by atoms with Gasteiger partial charge in [-0.3, -0.25) is 0 Å². The number of esters is 1. The van der Waals surface area contributed by atoms with Crippen LogP contribution < -0.4 is 0 Å². The average molecular weight is 525 g/mol. The molecule has 0 bridgehead atoms. The molecule has 0 fully saturated rings. The van der Waals surface area contributed by atoms with E-state index in [1.165, 1.54) is 0 Å². The Balaban J connectivity index is 0. The lowest BCUT2D eigenvalue weighted by Gasteiger charge is -2.39. The number of rotatable bonds is 9. The van der Waals surface area contributed by atoms with Crippen LogP contribution in [-0.2, 0) is 14.3 Å². The summed E-state index contributed by atoms with van der Waals surface area (Å²) in [5.41, 5.74) is 0. The van der Waals surface area contributed by atoms with Gasteiger partial charge in [0.05, 0.1) is 13.0 Å². The first-order chi connectivity index (χ1) is 13.8. The van der Waals surface area contributed by atoms with E-state index in [1.54, 1.807) is 0 Å². The van der Waals surface area contributed by atoms with E-state index in [2.05, 4.69) is 17.9 Å². The zero-order chi connectivity index (χ0) is 26.6. The number of carbonyl (C=O) groups is 2. The third-order valence-electron chi connectivity index (χ3n) is 3.06. The van der Waals surface area contributed by atoms with Gasteiger partial charge in [0.1, 0.15) is 5.03 Å². The Hall–Kier alpha value is -2.20. The summed E-state index contributed by atoms with van der Waals surface area (Å²) in [5.74, 6) is -39.9. The number of ether oxygens (including phenoxy) is 1. The van der Waals surface area contributed by atoms with Gasteiger partial charge in [-0.15, -0.1) is 0 Å². The van der Waals surface area contributed by atoms with Gasteiger partial charge in [-0.2, -0.15) is 57.1 Å². The van der Waals surface area contributed by atoms with E-state index in [1.807, 2.05) is 0 Å². The molecule has 32 heavy (non-hydrogen) atoms. The molecule has 0 aliphatic rings. The van der Waals surface area contributed by atoms with E-state index in [9.17, 15) is 66.7 Å². The van der Waals surface area contributed by atoms with Crippen molar-refractivity contribution in [3.8, 4) is 0 Å². The molecule has 4 nitrogen and oxygen atoms in total. The molecule has 0 saturated carbocycles. The summed E-state index contributed by atoms with van der Waals surface area (Å²) >= 11 is 4.82. The number of aliphatic carboxylic acids is 1. The Bertz CT molecular complexity index is 704. The van der Waals surface area contributed by atoms with E-state index < -0.39 is 60.8 Å². The third-order valence-corrected chi connectivity index (χ3v) is 3.22. The Morgan fingerprint density at radius 2 is 1.16 bits per heavy atom. The van der Waals surface area contributed by atoms with Gasteiger partial charge in [-0.1, -0.05) is 24.8 Å². The highest BCUT2D eigenvalue weighted by molar-refractivity contribution is 6.40. The maximum Gasteiger partial charge on any atom is 0.460 e.